The third-order valence-corrected chi connectivity index (χ3v) is 4.67. The molecule has 150 valence electrons. The lowest BCUT2D eigenvalue weighted by Crippen LogP contribution is -2.33. The Bertz CT molecular complexity index is 969. The summed E-state index contributed by atoms with van der Waals surface area (Å²) in [5.41, 5.74) is 8.21. The summed E-state index contributed by atoms with van der Waals surface area (Å²) < 4.78 is 0. The van der Waals surface area contributed by atoms with E-state index in [1.54, 1.807) is 47.4 Å². The monoisotopic (exact) mass is 394 g/mol. The zero-order chi connectivity index (χ0) is 21.0. The van der Waals surface area contributed by atoms with Crippen molar-refractivity contribution in [3.05, 3.63) is 59.2 Å². The van der Waals surface area contributed by atoms with Crippen molar-refractivity contribution in [3.63, 3.8) is 0 Å². The van der Waals surface area contributed by atoms with Gasteiger partial charge >= 0.3 is 0 Å². The molecule has 4 N–H and O–H groups in total. The lowest BCUT2D eigenvalue weighted by molar-refractivity contribution is -0.118. The molecule has 4 amide bonds. The molecule has 2 aromatic carbocycles. The highest BCUT2D eigenvalue weighted by Gasteiger charge is 2.24. The Balaban J connectivity index is 1.66. The summed E-state index contributed by atoms with van der Waals surface area (Å²) in [6.45, 7) is 2.22. The van der Waals surface area contributed by atoms with E-state index in [2.05, 4.69) is 10.6 Å². The van der Waals surface area contributed by atoms with Gasteiger partial charge < -0.3 is 21.3 Å². The first-order valence-corrected chi connectivity index (χ1v) is 9.30. The summed E-state index contributed by atoms with van der Waals surface area (Å²) in [5, 5.41) is 5.18. The van der Waals surface area contributed by atoms with Crippen molar-refractivity contribution in [3.8, 4) is 0 Å². The first kappa shape index (κ1) is 20.1. The molecule has 8 nitrogen and oxygen atoms in total. The Morgan fingerprint density at radius 2 is 1.69 bits per heavy atom. The quantitative estimate of drug-likeness (QED) is 0.686. The average Bonchev–Trinajstić information content (AvgIpc) is 3.15. The molecule has 3 rings (SSSR count). The van der Waals surface area contributed by atoms with Crippen LogP contribution >= 0.6 is 0 Å². The molecule has 1 aliphatic rings. The van der Waals surface area contributed by atoms with Gasteiger partial charge in [0.25, 0.3) is 11.8 Å². The minimum absolute atomic E-state index is 0.0703. The smallest absolute Gasteiger partial charge is 0.255 e. The minimum Gasteiger partial charge on any atom is -0.368 e. The lowest BCUT2D eigenvalue weighted by Gasteiger charge is -2.16. The number of hydrogen-bond donors (Lipinski definition) is 3. The number of amides is 4. The average molecular weight is 394 g/mol. The number of nitrogens with zero attached hydrogens (tertiary/aromatic N) is 1. The second kappa shape index (κ2) is 8.55. The van der Waals surface area contributed by atoms with Crippen LogP contribution in [0.25, 0.3) is 0 Å². The number of nitrogens with one attached hydrogen (secondary N) is 2. The fraction of sp³-hybridized carbons (Fsp3) is 0.238. The summed E-state index contributed by atoms with van der Waals surface area (Å²) in [4.78, 5) is 48.9. The number of fused-ring (bicyclic) bond motifs is 1. The maximum absolute atomic E-state index is 12.6. The molecule has 0 bridgehead atoms. The predicted octanol–water partition coefficient (Wildman–Crippen LogP) is 1.45. The second-order valence-electron chi connectivity index (χ2n) is 6.67. The van der Waals surface area contributed by atoms with Crippen LogP contribution in [0.3, 0.4) is 0 Å². The van der Waals surface area contributed by atoms with Crippen molar-refractivity contribution in [1.29, 1.82) is 0 Å². The van der Waals surface area contributed by atoms with E-state index in [0.29, 0.717) is 29.8 Å². The Morgan fingerprint density at radius 3 is 2.34 bits per heavy atom. The van der Waals surface area contributed by atoms with Gasteiger partial charge in [-0.15, -0.1) is 0 Å². The first-order chi connectivity index (χ1) is 13.9. The Hall–Kier alpha value is -3.68. The predicted molar refractivity (Wildman–Crippen MR) is 109 cm³/mol. The Labute approximate surface area is 168 Å². The van der Waals surface area contributed by atoms with Crippen LogP contribution in [0.1, 0.15) is 39.6 Å². The fourth-order valence-electron chi connectivity index (χ4n) is 3.17. The van der Waals surface area contributed by atoms with Gasteiger partial charge in [0.05, 0.1) is 6.54 Å². The number of rotatable bonds is 6. The van der Waals surface area contributed by atoms with Crippen LogP contribution in [0, 0.1) is 0 Å². The first-order valence-electron chi connectivity index (χ1n) is 9.30. The number of carbonyl (C=O) groups is 4. The molecule has 0 aliphatic carbocycles. The second-order valence-corrected chi connectivity index (χ2v) is 6.67. The van der Waals surface area contributed by atoms with Crippen LogP contribution in [0.2, 0.25) is 0 Å². The van der Waals surface area contributed by atoms with Crippen molar-refractivity contribution in [1.82, 2.24) is 5.32 Å². The van der Waals surface area contributed by atoms with E-state index in [-0.39, 0.29) is 18.4 Å². The highest BCUT2D eigenvalue weighted by Crippen LogP contribution is 2.29. The third-order valence-electron chi connectivity index (χ3n) is 4.67. The molecule has 0 unspecified atom stereocenters. The third kappa shape index (κ3) is 4.60. The summed E-state index contributed by atoms with van der Waals surface area (Å²) in [6, 6.07) is 11.6. The Kier molecular flexibility index (Phi) is 5.92. The van der Waals surface area contributed by atoms with Crippen LogP contribution in [0.4, 0.5) is 11.4 Å². The van der Waals surface area contributed by atoms with E-state index >= 15 is 0 Å². The minimum atomic E-state index is -0.626. The number of carbonyl (C=O) groups excluding carboxylic acids is 4. The van der Waals surface area contributed by atoms with E-state index in [4.69, 9.17) is 5.73 Å². The zero-order valence-electron chi connectivity index (χ0n) is 16.0. The van der Waals surface area contributed by atoms with Crippen molar-refractivity contribution < 1.29 is 19.2 Å². The molecule has 0 saturated heterocycles. The van der Waals surface area contributed by atoms with Gasteiger partial charge in [0.2, 0.25) is 11.8 Å². The van der Waals surface area contributed by atoms with Gasteiger partial charge in [-0.3, -0.25) is 19.2 Å². The number of primary amides is 1. The SMILES string of the molecule is CCC(=O)N1CCc2cc(C(=O)Nc3ccc(C(=O)NCC(N)=O)cc3)ccc21. The molecule has 1 heterocycles. The van der Waals surface area contributed by atoms with Gasteiger partial charge in [-0.05, 0) is 54.4 Å². The van der Waals surface area contributed by atoms with Crippen LogP contribution in [-0.4, -0.2) is 36.7 Å². The number of anilines is 2. The molecule has 1 aliphatic heterocycles. The van der Waals surface area contributed by atoms with E-state index in [1.807, 2.05) is 6.92 Å². The summed E-state index contributed by atoms with van der Waals surface area (Å²) >= 11 is 0. The van der Waals surface area contributed by atoms with Crippen molar-refractivity contribution in [2.24, 2.45) is 5.73 Å². The molecule has 8 heteroatoms. The largest absolute Gasteiger partial charge is 0.368 e. The molecular formula is C21H22N4O4. The van der Waals surface area contributed by atoms with E-state index in [1.165, 1.54) is 0 Å². The molecule has 0 atom stereocenters. The summed E-state index contributed by atoms with van der Waals surface area (Å²) in [5.74, 6) is -1.26. The lowest BCUT2D eigenvalue weighted by atomic mass is 10.1. The standard InChI is InChI=1S/C21H22N4O4/c1-2-19(27)25-10-9-14-11-15(5-8-17(14)25)21(29)24-16-6-3-13(4-7-16)20(28)23-12-18(22)26/h3-8,11H,2,9-10,12H2,1H3,(H2,22,26)(H,23,28)(H,24,29). The van der Waals surface area contributed by atoms with Gasteiger partial charge in [-0.25, -0.2) is 0 Å². The highest BCUT2D eigenvalue weighted by atomic mass is 16.2. The van der Waals surface area contributed by atoms with Crippen LogP contribution < -0.4 is 21.3 Å². The van der Waals surface area contributed by atoms with Crippen LogP contribution in [-0.2, 0) is 16.0 Å². The van der Waals surface area contributed by atoms with Crippen LogP contribution in [0.5, 0.6) is 0 Å². The van der Waals surface area contributed by atoms with E-state index in [9.17, 15) is 19.2 Å². The number of nitrogens with two attached hydrogens (primary N) is 1. The van der Waals surface area contributed by atoms with Crippen LogP contribution in [0.15, 0.2) is 42.5 Å². The van der Waals surface area contributed by atoms with Crippen molar-refractivity contribution in [2.45, 2.75) is 19.8 Å². The van der Waals surface area contributed by atoms with Crippen molar-refractivity contribution in [2.75, 3.05) is 23.3 Å². The topological polar surface area (TPSA) is 122 Å². The fourth-order valence-corrected chi connectivity index (χ4v) is 3.17. The van der Waals surface area contributed by atoms with Gasteiger partial charge in [-0.1, -0.05) is 6.92 Å². The molecule has 0 aromatic heterocycles. The highest BCUT2D eigenvalue weighted by molar-refractivity contribution is 6.05. The van der Waals surface area contributed by atoms with Crippen molar-refractivity contribution >= 4 is 35.0 Å². The molecule has 2 aromatic rings. The van der Waals surface area contributed by atoms with Gasteiger partial charge in [0, 0.05) is 35.5 Å². The maximum Gasteiger partial charge on any atom is 0.255 e. The van der Waals surface area contributed by atoms with Gasteiger partial charge in [0.15, 0.2) is 0 Å². The molecular weight excluding hydrogens is 372 g/mol. The molecule has 0 radical (unpaired) electrons. The molecule has 29 heavy (non-hydrogen) atoms. The van der Waals surface area contributed by atoms with Gasteiger partial charge in [0.1, 0.15) is 0 Å². The molecule has 0 spiro atoms. The normalized spacial score (nSPS) is 12.2. The summed E-state index contributed by atoms with van der Waals surface area (Å²) in [7, 11) is 0. The van der Waals surface area contributed by atoms with Gasteiger partial charge in [-0.2, -0.15) is 0 Å². The summed E-state index contributed by atoms with van der Waals surface area (Å²) in [6.07, 6.45) is 1.16. The number of hydrogen-bond acceptors (Lipinski definition) is 4. The Morgan fingerprint density at radius 1 is 1.00 bits per heavy atom. The molecule has 0 fully saturated rings. The maximum atomic E-state index is 12.6. The van der Waals surface area contributed by atoms with E-state index in [0.717, 1.165) is 17.7 Å². The molecule has 0 saturated carbocycles. The zero-order valence-corrected chi connectivity index (χ0v) is 16.0. The number of benzene rings is 2. The van der Waals surface area contributed by atoms with E-state index < -0.39 is 11.8 Å².